The lowest BCUT2D eigenvalue weighted by Gasteiger charge is -2.04. The number of nitrogens with one attached hydrogen (secondary N) is 2. The van der Waals surface area contributed by atoms with Crippen molar-refractivity contribution < 1.29 is 4.74 Å². The molecule has 0 saturated heterocycles. The van der Waals surface area contributed by atoms with Gasteiger partial charge in [0.05, 0.1) is 22.9 Å². The quantitative estimate of drug-likeness (QED) is 0.292. The average Bonchev–Trinajstić information content (AvgIpc) is 3.45. The third kappa shape index (κ3) is 3.86. The fourth-order valence-corrected chi connectivity index (χ4v) is 3.25. The Kier molecular flexibility index (Phi) is 4.64. The summed E-state index contributed by atoms with van der Waals surface area (Å²) in [6.07, 6.45) is 1.85. The van der Waals surface area contributed by atoms with Gasteiger partial charge in [0, 0.05) is 11.1 Å². The first-order valence-electron chi connectivity index (χ1n) is 9.70. The van der Waals surface area contributed by atoms with Crippen molar-refractivity contribution in [2.75, 3.05) is 0 Å². The number of nitrogens with two attached hydrogens (primary N) is 1. The highest BCUT2D eigenvalue weighted by Crippen LogP contribution is 2.24. The largest absolute Gasteiger partial charge is 0.487 e. The van der Waals surface area contributed by atoms with E-state index in [1.807, 2.05) is 72.9 Å². The molecule has 0 amide bonds. The minimum atomic E-state index is 0.0309. The molecule has 2 heterocycles. The molecule has 0 aliphatic rings. The number of nitrogen functional groups attached to an aromatic ring is 1. The van der Waals surface area contributed by atoms with Crippen molar-refractivity contribution in [2.45, 2.75) is 6.61 Å². The molecule has 31 heavy (non-hydrogen) atoms. The van der Waals surface area contributed by atoms with Crippen molar-refractivity contribution in [3.8, 4) is 22.8 Å². The molecule has 0 fully saturated rings. The summed E-state index contributed by atoms with van der Waals surface area (Å²) < 4.78 is 7.57. The van der Waals surface area contributed by atoms with Gasteiger partial charge in [-0.25, -0.2) is 9.67 Å². The second-order valence-corrected chi connectivity index (χ2v) is 7.03. The second-order valence-electron chi connectivity index (χ2n) is 7.03. The molecule has 8 heteroatoms. The van der Waals surface area contributed by atoms with Crippen molar-refractivity contribution in [1.82, 2.24) is 25.0 Å². The Labute approximate surface area is 177 Å². The lowest BCUT2D eigenvalue weighted by atomic mass is 10.2. The fraction of sp³-hybridized carbons (Fsp3) is 0.0435. The van der Waals surface area contributed by atoms with E-state index in [-0.39, 0.29) is 5.84 Å². The lowest BCUT2D eigenvalue weighted by molar-refractivity contribution is 0.301. The highest BCUT2D eigenvalue weighted by molar-refractivity contribution is 5.98. The molecule has 5 rings (SSSR count). The Bertz CT molecular complexity index is 1350. The van der Waals surface area contributed by atoms with E-state index in [4.69, 9.17) is 15.9 Å². The molecule has 0 aliphatic heterocycles. The first-order valence-corrected chi connectivity index (χ1v) is 9.70. The van der Waals surface area contributed by atoms with E-state index in [0.29, 0.717) is 12.2 Å². The number of rotatable bonds is 6. The van der Waals surface area contributed by atoms with Crippen LogP contribution in [0.5, 0.6) is 5.75 Å². The molecule has 2 aromatic heterocycles. The predicted molar refractivity (Wildman–Crippen MR) is 118 cm³/mol. The van der Waals surface area contributed by atoms with Gasteiger partial charge in [0.1, 0.15) is 29.7 Å². The Morgan fingerprint density at radius 1 is 1.03 bits per heavy atom. The van der Waals surface area contributed by atoms with Gasteiger partial charge in [-0.2, -0.15) is 0 Å². The van der Waals surface area contributed by atoms with E-state index in [1.54, 1.807) is 10.7 Å². The molecule has 0 spiro atoms. The molecule has 0 unspecified atom stereocenters. The van der Waals surface area contributed by atoms with Crippen LogP contribution >= 0.6 is 0 Å². The van der Waals surface area contributed by atoms with E-state index in [2.05, 4.69) is 20.3 Å². The zero-order valence-corrected chi connectivity index (χ0v) is 16.5. The zero-order valence-electron chi connectivity index (χ0n) is 16.5. The molecule has 4 N–H and O–H groups in total. The highest BCUT2D eigenvalue weighted by atomic mass is 16.5. The number of aromatic amines is 1. The molecule has 0 bridgehead atoms. The summed E-state index contributed by atoms with van der Waals surface area (Å²) in [4.78, 5) is 7.89. The topological polar surface area (TPSA) is 118 Å². The number of imidazole rings is 1. The smallest absolute Gasteiger partial charge is 0.138 e. The molecule has 0 radical (unpaired) electrons. The Balaban J connectivity index is 1.28. The van der Waals surface area contributed by atoms with Crippen LogP contribution in [-0.4, -0.2) is 30.8 Å². The molecule has 0 saturated carbocycles. The van der Waals surface area contributed by atoms with Crippen LogP contribution in [0.2, 0.25) is 0 Å². The van der Waals surface area contributed by atoms with Gasteiger partial charge in [0.25, 0.3) is 0 Å². The van der Waals surface area contributed by atoms with Crippen LogP contribution in [0.15, 0.2) is 79.0 Å². The molecule has 8 nitrogen and oxygen atoms in total. The summed E-state index contributed by atoms with van der Waals surface area (Å²) in [5.41, 5.74) is 10.5. The second kappa shape index (κ2) is 7.75. The van der Waals surface area contributed by atoms with Crippen molar-refractivity contribution in [2.24, 2.45) is 5.73 Å². The standard InChI is InChI=1S/C23H19N7O/c24-22(25)16-8-11-20-21(12-16)27-23(26-20)15-6-9-19(10-7-15)31-14-17-13-30(29-28-17)18-4-2-1-3-5-18/h1-13H,14H2,(H3,24,25)(H,26,27). The van der Waals surface area contributed by atoms with Crippen LogP contribution in [0.25, 0.3) is 28.1 Å². The van der Waals surface area contributed by atoms with Gasteiger partial charge in [-0.15, -0.1) is 5.10 Å². The number of amidine groups is 1. The number of hydrogen-bond acceptors (Lipinski definition) is 5. The first kappa shape index (κ1) is 18.6. The molecular weight excluding hydrogens is 390 g/mol. The number of benzene rings is 3. The van der Waals surface area contributed by atoms with Crippen molar-refractivity contribution >= 4 is 16.9 Å². The van der Waals surface area contributed by atoms with E-state index in [1.165, 1.54) is 0 Å². The van der Waals surface area contributed by atoms with Gasteiger partial charge in [0.15, 0.2) is 0 Å². The van der Waals surface area contributed by atoms with Crippen LogP contribution in [-0.2, 0) is 6.61 Å². The van der Waals surface area contributed by atoms with Crippen molar-refractivity contribution in [1.29, 1.82) is 5.41 Å². The fourth-order valence-electron chi connectivity index (χ4n) is 3.25. The predicted octanol–water partition coefficient (Wildman–Crippen LogP) is 3.67. The van der Waals surface area contributed by atoms with E-state index in [9.17, 15) is 0 Å². The van der Waals surface area contributed by atoms with Gasteiger partial charge in [-0.05, 0) is 54.6 Å². The SMILES string of the molecule is N=C(N)c1ccc2nc(-c3ccc(OCc4cn(-c5ccccc5)nn4)cc3)[nH]c2c1. The minimum absolute atomic E-state index is 0.0309. The molecule has 0 aliphatic carbocycles. The van der Waals surface area contributed by atoms with E-state index < -0.39 is 0 Å². The normalized spacial score (nSPS) is 11.0. The first-order chi connectivity index (χ1) is 15.2. The number of H-pyrrole nitrogens is 1. The number of nitrogens with zero attached hydrogens (tertiary/aromatic N) is 4. The van der Waals surface area contributed by atoms with Gasteiger partial charge in [-0.1, -0.05) is 23.4 Å². The van der Waals surface area contributed by atoms with Gasteiger partial charge in [0.2, 0.25) is 0 Å². The summed E-state index contributed by atoms with van der Waals surface area (Å²) in [6.45, 7) is 0.324. The summed E-state index contributed by atoms with van der Waals surface area (Å²) in [6, 6.07) is 23.0. The highest BCUT2D eigenvalue weighted by Gasteiger charge is 2.08. The maximum absolute atomic E-state index is 7.57. The summed E-state index contributed by atoms with van der Waals surface area (Å²) >= 11 is 0. The lowest BCUT2D eigenvalue weighted by Crippen LogP contribution is -2.10. The monoisotopic (exact) mass is 409 g/mol. The zero-order chi connectivity index (χ0) is 21.2. The van der Waals surface area contributed by atoms with Crippen molar-refractivity contribution in [3.05, 3.63) is 90.3 Å². The van der Waals surface area contributed by atoms with Gasteiger partial charge < -0.3 is 15.5 Å². The third-order valence-corrected chi connectivity index (χ3v) is 4.87. The van der Waals surface area contributed by atoms with Crippen LogP contribution in [0.1, 0.15) is 11.3 Å². The molecule has 152 valence electrons. The van der Waals surface area contributed by atoms with E-state index in [0.717, 1.165) is 39.6 Å². The van der Waals surface area contributed by atoms with Crippen LogP contribution in [0, 0.1) is 5.41 Å². The third-order valence-electron chi connectivity index (χ3n) is 4.87. The van der Waals surface area contributed by atoms with Gasteiger partial charge >= 0.3 is 0 Å². The average molecular weight is 409 g/mol. The molecule has 5 aromatic rings. The summed E-state index contributed by atoms with van der Waals surface area (Å²) in [5.74, 6) is 1.50. The molecule has 0 atom stereocenters. The van der Waals surface area contributed by atoms with Crippen LogP contribution < -0.4 is 10.5 Å². The molecular formula is C23H19N7O. The number of para-hydroxylation sites is 1. The maximum atomic E-state index is 7.57. The number of hydrogen-bond donors (Lipinski definition) is 3. The Hall–Kier alpha value is -4.46. The summed E-state index contributed by atoms with van der Waals surface area (Å²) in [5, 5.41) is 15.9. The van der Waals surface area contributed by atoms with Gasteiger partial charge in [-0.3, -0.25) is 5.41 Å². The maximum Gasteiger partial charge on any atom is 0.138 e. The Morgan fingerprint density at radius 2 is 1.84 bits per heavy atom. The number of aromatic nitrogens is 5. The number of fused-ring (bicyclic) bond motifs is 1. The Morgan fingerprint density at radius 3 is 2.61 bits per heavy atom. The molecule has 3 aromatic carbocycles. The number of ether oxygens (including phenoxy) is 1. The summed E-state index contributed by atoms with van der Waals surface area (Å²) in [7, 11) is 0. The minimum Gasteiger partial charge on any atom is -0.487 e. The van der Waals surface area contributed by atoms with Crippen molar-refractivity contribution in [3.63, 3.8) is 0 Å². The van der Waals surface area contributed by atoms with Crippen LogP contribution in [0.3, 0.4) is 0 Å². The van der Waals surface area contributed by atoms with E-state index >= 15 is 0 Å². The van der Waals surface area contributed by atoms with Crippen LogP contribution in [0.4, 0.5) is 0 Å².